The number of oxime groups is 1. The van der Waals surface area contributed by atoms with Gasteiger partial charge in [-0.25, -0.2) is 0 Å². The average Bonchev–Trinajstić information content (AvgIpc) is 2.19. The van der Waals surface area contributed by atoms with Gasteiger partial charge in [0.15, 0.2) is 0 Å². The van der Waals surface area contributed by atoms with Crippen LogP contribution in [-0.4, -0.2) is 10.7 Å². The van der Waals surface area contributed by atoms with Crippen molar-refractivity contribution in [2.45, 2.75) is 26.9 Å². The summed E-state index contributed by atoms with van der Waals surface area (Å²) in [7, 11) is 0. The molecule has 70 valence electrons. The maximum Gasteiger partial charge on any atom is 0.143 e. The maximum absolute atomic E-state index is 5.12. The third-order valence-electron chi connectivity index (χ3n) is 1.69. The zero-order chi connectivity index (χ0) is 9.52. The zero-order valence-electron chi connectivity index (χ0n) is 8.03. The monoisotopic (exact) mass is 178 g/mol. The summed E-state index contributed by atoms with van der Waals surface area (Å²) in [5.41, 5.74) is 2.04. The number of hydrogen-bond donors (Lipinski definition) is 0. The van der Waals surface area contributed by atoms with E-state index in [2.05, 4.69) is 10.1 Å². The third kappa shape index (κ3) is 3.69. The number of rotatable bonds is 4. The summed E-state index contributed by atoms with van der Waals surface area (Å²) in [6.45, 7) is 4.49. The molecule has 1 aromatic heterocycles. The van der Waals surface area contributed by atoms with Crippen molar-refractivity contribution in [3.05, 3.63) is 30.1 Å². The standard InChI is InChI=1S/C10H14N2O/c1-3-9(2)12-13-8-10-5-4-6-11-7-10/h4-7H,3,8H2,1-2H3/b12-9+. The van der Waals surface area contributed by atoms with Crippen molar-refractivity contribution in [3.8, 4) is 0 Å². The third-order valence-corrected chi connectivity index (χ3v) is 1.69. The minimum Gasteiger partial charge on any atom is -0.391 e. The molecule has 0 N–H and O–H groups in total. The van der Waals surface area contributed by atoms with Crippen molar-refractivity contribution >= 4 is 5.71 Å². The van der Waals surface area contributed by atoms with Crippen molar-refractivity contribution in [2.75, 3.05) is 0 Å². The fraction of sp³-hybridized carbons (Fsp3) is 0.400. The fourth-order valence-corrected chi connectivity index (χ4v) is 0.765. The largest absolute Gasteiger partial charge is 0.391 e. The number of aromatic nitrogens is 1. The highest BCUT2D eigenvalue weighted by Gasteiger charge is 1.91. The molecule has 1 rings (SSSR count). The predicted octanol–water partition coefficient (Wildman–Crippen LogP) is 2.38. The molecule has 0 bridgehead atoms. The average molecular weight is 178 g/mol. The Morgan fingerprint density at radius 2 is 2.46 bits per heavy atom. The highest BCUT2D eigenvalue weighted by atomic mass is 16.6. The molecule has 0 aromatic carbocycles. The molecule has 0 aliphatic carbocycles. The van der Waals surface area contributed by atoms with Crippen LogP contribution in [0.2, 0.25) is 0 Å². The lowest BCUT2D eigenvalue weighted by Gasteiger charge is -1.99. The van der Waals surface area contributed by atoms with Crippen molar-refractivity contribution in [3.63, 3.8) is 0 Å². The highest BCUT2D eigenvalue weighted by Crippen LogP contribution is 1.98. The van der Waals surface area contributed by atoms with Crippen LogP contribution in [0.5, 0.6) is 0 Å². The Balaban J connectivity index is 2.36. The van der Waals surface area contributed by atoms with Gasteiger partial charge in [-0.05, 0) is 19.4 Å². The molecular weight excluding hydrogens is 164 g/mol. The van der Waals surface area contributed by atoms with E-state index in [1.807, 2.05) is 26.0 Å². The molecule has 0 aliphatic heterocycles. The van der Waals surface area contributed by atoms with Crippen LogP contribution in [0.3, 0.4) is 0 Å². The minimum atomic E-state index is 0.491. The summed E-state index contributed by atoms with van der Waals surface area (Å²) in [4.78, 5) is 9.09. The first-order valence-electron chi connectivity index (χ1n) is 4.37. The topological polar surface area (TPSA) is 34.5 Å². The van der Waals surface area contributed by atoms with Gasteiger partial charge < -0.3 is 4.84 Å². The Hall–Kier alpha value is -1.38. The molecule has 0 spiro atoms. The number of nitrogens with zero attached hydrogens (tertiary/aromatic N) is 2. The Bertz CT molecular complexity index is 270. The van der Waals surface area contributed by atoms with Gasteiger partial charge in [-0.15, -0.1) is 0 Å². The second kappa shape index (κ2) is 5.30. The summed E-state index contributed by atoms with van der Waals surface area (Å²) in [6.07, 6.45) is 4.44. The van der Waals surface area contributed by atoms with E-state index in [1.54, 1.807) is 12.4 Å². The molecule has 1 heterocycles. The summed E-state index contributed by atoms with van der Waals surface area (Å²) in [6, 6.07) is 3.85. The van der Waals surface area contributed by atoms with Crippen LogP contribution in [-0.2, 0) is 11.4 Å². The molecule has 0 saturated heterocycles. The smallest absolute Gasteiger partial charge is 0.143 e. The summed E-state index contributed by atoms with van der Waals surface area (Å²) in [5, 5.41) is 3.93. The Morgan fingerprint density at radius 3 is 3.08 bits per heavy atom. The molecule has 0 atom stereocenters. The van der Waals surface area contributed by atoms with Crippen LogP contribution < -0.4 is 0 Å². The normalized spacial score (nSPS) is 11.4. The SMILES string of the molecule is CC/C(C)=N/OCc1cccnc1. The van der Waals surface area contributed by atoms with Crippen molar-refractivity contribution in [2.24, 2.45) is 5.16 Å². The summed E-state index contributed by atoms with van der Waals surface area (Å²) in [5.74, 6) is 0. The van der Waals surface area contributed by atoms with E-state index in [1.165, 1.54) is 0 Å². The molecular formula is C10H14N2O. The molecule has 0 aliphatic rings. The van der Waals surface area contributed by atoms with Crippen molar-refractivity contribution in [1.82, 2.24) is 4.98 Å². The van der Waals surface area contributed by atoms with Crippen molar-refractivity contribution in [1.29, 1.82) is 0 Å². The molecule has 0 radical (unpaired) electrons. The van der Waals surface area contributed by atoms with E-state index in [0.717, 1.165) is 17.7 Å². The van der Waals surface area contributed by atoms with Gasteiger partial charge in [0, 0.05) is 18.0 Å². The lowest BCUT2D eigenvalue weighted by molar-refractivity contribution is 0.129. The molecule has 0 saturated carbocycles. The van der Waals surface area contributed by atoms with Gasteiger partial charge in [0.25, 0.3) is 0 Å². The molecule has 0 fully saturated rings. The van der Waals surface area contributed by atoms with Gasteiger partial charge in [0.1, 0.15) is 6.61 Å². The van der Waals surface area contributed by atoms with Gasteiger partial charge in [-0.3, -0.25) is 4.98 Å². The van der Waals surface area contributed by atoms with Gasteiger partial charge in [-0.2, -0.15) is 0 Å². The van der Waals surface area contributed by atoms with Crippen LogP contribution in [0, 0.1) is 0 Å². The van der Waals surface area contributed by atoms with E-state index in [9.17, 15) is 0 Å². The van der Waals surface area contributed by atoms with Gasteiger partial charge in [0.05, 0.1) is 5.71 Å². The van der Waals surface area contributed by atoms with E-state index in [-0.39, 0.29) is 0 Å². The zero-order valence-corrected chi connectivity index (χ0v) is 8.03. The fourth-order valence-electron chi connectivity index (χ4n) is 0.765. The first-order valence-corrected chi connectivity index (χ1v) is 4.37. The molecule has 0 unspecified atom stereocenters. The van der Waals surface area contributed by atoms with Crippen LogP contribution in [0.25, 0.3) is 0 Å². The van der Waals surface area contributed by atoms with E-state index < -0.39 is 0 Å². The molecule has 3 heteroatoms. The lowest BCUT2D eigenvalue weighted by atomic mass is 10.3. The molecule has 1 aromatic rings. The van der Waals surface area contributed by atoms with E-state index in [0.29, 0.717) is 6.61 Å². The summed E-state index contributed by atoms with van der Waals surface area (Å²) < 4.78 is 0. The molecule has 13 heavy (non-hydrogen) atoms. The lowest BCUT2D eigenvalue weighted by Crippen LogP contribution is -1.92. The Morgan fingerprint density at radius 1 is 1.62 bits per heavy atom. The second-order valence-electron chi connectivity index (χ2n) is 2.81. The van der Waals surface area contributed by atoms with Crippen LogP contribution in [0.4, 0.5) is 0 Å². The Labute approximate surface area is 78.4 Å². The van der Waals surface area contributed by atoms with Crippen LogP contribution >= 0.6 is 0 Å². The Kier molecular flexibility index (Phi) is 3.96. The maximum atomic E-state index is 5.12. The predicted molar refractivity (Wildman–Crippen MR) is 52.4 cm³/mol. The molecule has 3 nitrogen and oxygen atoms in total. The quantitative estimate of drug-likeness (QED) is 0.524. The van der Waals surface area contributed by atoms with Gasteiger partial charge >= 0.3 is 0 Å². The van der Waals surface area contributed by atoms with Crippen LogP contribution in [0.1, 0.15) is 25.8 Å². The van der Waals surface area contributed by atoms with E-state index in [4.69, 9.17) is 4.84 Å². The minimum absolute atomic E-state index is 0.491. The number of hydrogen-bond acceptors (Lipinski definition) is 3. The van der Waals surface area contributed by atoms with Crippen LogP contribution in [0.15, 0.2) is 29.7 Å². The van der Waals surface area contributed by atoms with Gasteiger partial charge in [0.2, 0.25) is 0 Å². The van der Waals surface area contributed by atoms with Gasteiger partial charge in [-0.1, -0.05) is 18.1 Å². The second-order valence-corrected chi connectivity index (χ2v) is 2.81. The first kappa shape index (κ1) is 9.71. The number of pyridine rings is 1. The molecule has 0 amide bonds. The van der Waals surface area contributed by atoms with E-state index >= 15 is 0 Å². The van der Waals surface area contributed by atoms with Crippen molar-refractivity contribution < 1.29 is 4.84 Å². The summed E-state index contributed by atoms with van der Waals surface area (Å²) >= 11 is 0. The highest BCUT2D eigenvalue weighted by molar-refractivity contribution is 5.80. The first-order chi connectivity index (χ1) is 6.33.